The summed E-state index contributed by atoms with van der Waals surface area (Å²) in [5.74, 6) is 0.255. The molecule has 0 heterocycles. The topological polar surface area (TPSA) is 46.2 Å². The molecule has 3 rings (SSSR count). The molecule has 1 fully saturated rings. The fourth-order valence-corrected chi connectivity index (χ4v) is 4.07. The Bertz CT molecular complexity index is 562. The lowest BCUT2D eigenvalue weighted by Gasteiger charge is -2.07. The fraction of sp³-hybridized carbons (Fsp3) is 0.600. The molecular weight excluding hydrogens is 258 g/mol. The van der Waals surface area contributed by atoms with Gasteiger partial charge < -0.3 is 5.32 Å². The zero-order valence-corrected chi connectivity index (χ0v) is 12.0. The van der Waals surface area contributed by atoms with E-state index in [0.29, 0.717) is 17.4 Å². The van der Waals surface area contributed by atoms with Crippen molar-refractivity contribution in [2.75, 3.05) is 12.3 Å². The standard InChI is InChI=1S/C15H21NO2S/c17-19(18,10-2-9-16-14-6-7-14)15-8-5-12-3-1-4-13(12)11-15/h5,8,11,14,16H,1-4,6-7,9-10H2. The maximum atomic E-state index is 12.3. The summed E-state index contributed by atoms with van der Waals surface area (Å²) in [6, 6.07) is 6.33. The van der Waals surface area contributed by atoms with Crippen LogP contribution in [-0.4, -0.2) is 26.8 Å². The second-order valence-electron chi connectivity index (χ2n) is 5.68. The van der Waals surface area contributed by atoms with Crippen LogP contribution in [0.2, 0.25) is 0 Å². The van der Waals surface area contributed by atoms with Crippen molar-refractivity contribution in [3.8, 4) is 0 Å². The van der Waals surface area contributed by atoms with E-state index in [0.717, 1.165) is 25.8 Å². The minimum atomic E-state index is -3.10. The molecule has 0 bridgehead atoms. The van der Waals surface area contributed by atoms with Crippen LogP contribution in [0.4, 0.5) is 0 Å². The highest BCUT2D eigenvalue weighted by molar-refractivity contribution is 7.91. The molecule has 2 aliphatic carbocycles. The highest BCUT2D eigenvalue weighted by Crippen LogP contribution is 2.25. The number of sulfone groups is 1. The van der Waals surface area contributed by atoms with Crippen molar-refractivity contribution < 1.29 is 8.42 Å². The maximum Gasteiger partial charge on any atom is 0.178 e. The van der Waals surface area contributed by atoms with Gasteiger partial charge >= 0.3 is 0 Å². The van der Waals surface area contributed by atoms with E-state index in [1.807, 2.05) is 12.1 Å². The third kappa shape index (κ3) is 3.18. The van der Waals surface area contributed by atoms with Gasteiger partial charge in [-0.05, 0) is 68.3 Å². The lowest BCUT2D eigenvalue weighted by Crippen LogP contribution is -2.20. The highest BCUT2D eigenvalue weighted by Gasteiger charge is 2.21. The molecule has 0 aliphatic heterocycles. The van der Waals surface area contributed by atoms with E-state index in [9.17, 15) is 8.42 Å². The van der Waals surface area contributed by atoms with E-state index in [1.165, 1.54) is 24.0 Å². The second-order valence-corrected chi connectivity index (χ2v) is 7.79. The molecular formula is C15H21NO2S. The number of rotatable bonds is 6. The minimum Gasteiger partial charge on any atom is -0.314 e. The number of hydrogen-bond donors (Lipinski definition) is 1. The number of nitrogens with one attached hydrogen (secondary N) is 1. The van der Waals surface area contributed by atoms with Gasteiger partial charge in [0.2, 0.25) is 0 Å². The van der Waals surface area contributed by atoms with Crippen molar-refractivity contribution >= 4 is 9.84 Å². The minimum absolute atomic E-state index is 0.255. The molecule has 2 aliphatic rings. The van der Waals surface area contributed by atoms with Gasteiger partial charge in [0.25, 0.3) is 0 Å². The Morgan fingerprint density at radius 3 is 2.74 bits per heavy atom. The first-order valence-corrected chi connectivity index (χ1v) is 8.88. The van der Waals surface area contributed by atoms with Crippen LogP contribution in [0.1, 0.15) is 36.8 Å². The van der Waals surface area contributed by atoms with Crippen LogP contribution in [-0.2, 0) is 22.7 Å². The van der Waals surface area contributed by atoms with Crippen LogP contribution in [0, 0.1) is 0 Å². The van der Waals surface area contributed by atoms with Crippen LogP contribution in [0.3, 0.4) is 0 Å². The summed E-state index contributed by atoms with van der Waals surface area (Å²) < 4.78 is 24.5. The number of aryl methyl sites for hydroxylation is 2. The largest absolute Gasteiger partial charge is 0.314 e. The molecule has 0 aromatic heterocycles. The molecule has 104 valence electrons. The van der Waals surface area contributed by atoms with Gasteiger partial charge in [0.1, 0.15) is 0 Å². The van der Waals surface area contributed by atoms with Crippen molar-refractivity contribution in [3.63, 3.8) is 0 Å². The van der Waals surface area contributed by atoms with E-state index in [4.69, 9.17) is 0 Å². The molecule has 0 amide bonds. The summed E-state index contributed by atoms with van der Waals surface area (Å²) in [4.78, 5) is 0.513. The molecule has 1 N–H and O–H groups in total. The summed E-state index contributed by atoms with van der Waals surface area (Å²) in [5.41, 5.74) is 2.56. The van der Waals surface area contributed by atoms with Crippen LogP contribution in [0.25, 0.3) is 0 Å². The molecule has 3 nitrogen and oxygen atoms in total. The number of fused-ring (bicyclic) bond motifs is 1. The third-order valence-corrected chi connectivity index (χ3v) is 5.83. The monoisotopic (exact) mass is 279 g/mol. The van der Waals surface area contributed by atoms with Crippen LogP contribution >= 0.6 is 0 Å². The zero-order valence-electron chi connectivity index (χ0n) is 11.2. The van der Waals surface area contributed by atoms with Gasteiger partial charge in [-0.25, -0.2) is 8.42 Å². The van der Waals surface area contributed by atoms with E-state index in [1.54, 1.807) is 6.07 Å². The van der Waals surface area contributed by atoms with Crippen LogP contribution in [0.15, 0.2) is 23.1 Å². The Morgan fingerprint density at radius 2 is 1.95 bits per heavy atom. The molecule has 0 spiro atoms. The van der Waals surface area contributed by atoms with Gasteiger partial charge in [-0.15, -0.1) is 0 Å². The normalized spacial score (nSPS) is 18.5. The Balaban J connectivity index is 1.62. The molecule has 0 unspecified atom stereocenters. The number of benzene rings is 1. The lowest BCUT2D eigenvalue weighted by atomic mass is 10.1. The molecule has 4 heteroatoms. The average molecular weight is 279 g/mol. The van der Waals surface area contributed by atoms with Gasteiger partial charge in [-0.3, -0.25) is 0 Å². The fourth-order valence-electron chi connectivity index (χ4n) is 2.72. The van der Waals surface area contributed by atoms with Crippen LogP contribution < -0.4 is 5.32 Å². The Kier molecular flexibility index (Phi) is 3.63. The van der Waals surface area contributed by atoms with E-state index in [2.05, 4.69) is 5.32 Å². The predicted octanol–water partition coefficient (Wildman–Crippen LogP) is 2.09. The first-order chi connectivity index (χ1) is 9.15. The van der Waals surface area contributed by atoms with Crippen LogP contribution in [0.5, 0.6) is 0 Å². The Hall–Kier alpha value is -0.870. The summed E-state index contributed by atoms with van der Waals surface area (Å²) in [7, 11) is -3.10. The molecule has 1 aromatic rings. The first-order valence-electron chi connectivity index (χ1n) is 7.23. The van der Waals surface area contributed by atoms with Gasteiger partial charge in [-0.1, -0.05) is 6.07 Å². The van der Waals surface area contributed by atoms with E-state index in [-0.39, 0.29) is 5.75 Å². The highest BCUT2D eigenvalue weighted by atomic mass is 32.2. The van der Waals surface area contributed by atoms with Gasteiger partial charge in [0.05, 0.1) is 10.6 Å². The Labute approximate surface area is 115 Å². The first kappa shape index (κ1) is 13.1. The maximum absolute atomic E-state index is 12.3. The van der Waals surface area contributed by atoms with Crippen molar-refractivity contribution in [3.05, 3.63) is 29.3 Å². The Morgan fingerprint density at radius 1 is 1.16 bits per heavy atom. The summed E-state index contributed by atoms with van der Waals surface area (Å²) >= 11 is 0. The smallest absolute Gasteiger partial charge is 0.178 e. The molecule has 0 atom stereocenters. The lowest BCUT2D eigenvalue weighted by molar-refractivity contribution is 0.588. The van der Waals surface area contributed by atoms with Gasteiger partial charge in [0.15, 0.2) is 9.84 Å². The van der Waals surface area contributed by atoms with Crippen molar-refractivity contribution in [2.24, 2.45) is 0 Å². The molecule has 19 heavy (non-hydrogen) atoms. The van der Waals surface area contributed by atoms with Gasteiger partial charge in [0, 0.05) is 6.04 Å². The SMILES string of the molecule is O=S(=O)(CCCNC1CC1)c1ccc2c(c1)CCC2. The molecule has 0 saturated heterocycles. The summed E-state index contributed by atoms with van der Waals surface area (Å²) in [6.45, 7) is 0.814. The molecule has 0 radical (unpaired) electrons. The van der Waals surface area contributed by atoms with Crippen molar-refractivity contribution in [1.29, 1.82) is 0 Å². The average Bonchev–Trinajstić information content (AvgIpc) is 3.09. The summed E-state index contributed by atoms with van der Waals surface area (Å²) in [6.07, 6.45) is 6.48. The zero-order chi connectivity index (χ0) is 13.3. The molecule has 1 saturated carbocycles. The number of hydrogen-bond acceptors (Lipinski definition) is 3. The third-order valence-electron chi connectivity index (χ3n) is 4.03. The van der Waals surface area contributed by atoms with Crippen molar-refractivity contribution in [2.45, 2.75) is 49.5 Å². The van der Waals surface area contributed by atoms with E-state index >= 15 is 0 Å². The van der Waals surface area contributed by atoms with Crippen molar-refractivity contribution in [1.82, 2.24) is 5.32 Å². The quantitative estimate of drug-likeness (QED) is 0.811. The van der Waals surface area contributed by atoms with Gasteiger partial charge in [-0.2, -0.15) is 0 Å². The molecule has 1 aromatic carbocycles. The van der Waals surface area contributed by atoms with E-state index < -0.39 is 9.84 Å². The summed E-state index contributed by atoms with van der Waals surface area (Å²) in [5, 5.41) is 3.36. The predicted molar refractivity (Wildman–Crippen MR) is 76.2 cm³/mol. The second kappa shape index (κ2) is 5.25.